The van der Waals surface area contributed by atoms with Gasteiger partial charge in [0.1, 0.15) is 0 Å². The third kappa shape index (κ3) is 4.04. The van der Waals surface area contributed by atoms with Gasteiger partial charge in [-0.05, 0) is 25.5 Å². The summed E-state index contributed by atoms with van der Waals surface area (Å²) in [5.74, 6) is 0. The molecule has 122 valence electrons. The van der Waals surface area contributed by atoms with Gasteiger partial charge in [-0.2, -0.15) is 0 Å². The molecule has 2 aliphatic rings. The van der Waals surface area contributed by atoms with Crippen molar-refractivity contribution in [2.45, 2.75) is 32.0 Å². The van der Waals surface area contributed by atoms with Crippen LogP contribution < -0.4 is 0 Å². The summed E-state index contributed by atoms with van der Waals surface area (Å²) in [7, 11) is 1.72. The van der Waals surface area contributed by atoms with Crippen molar-refractivity contribution in [3.8, 4) is 0 Å². The van der Waals surface area contributed by atoms with Crippen molar-refractivity contribution in [3.63, 3.8) is 0 Å². The molecule has 0 bridgehead atoms. The first kappa shape index (κ1) is 15.9. The molecule has 0 spiro atoms. The SMILES string of the molecule is COCCO[C@@H]1C[C@H]2CN(Cc3cccc(C)n3)CCN2C1. The van der Waals surface area contributed by atoms with E-state index in [0.29, 0.717) is 25.4 Å². The lowest BCUT2D eigenvalue weighted by molar-refractivity contribution is 0.0220. The molecular formula is C17H27N3O2. The molecule has 22 heavy (non-hydrogen) atoms. The molecule has 3 rings (SSSR count). The van der Waals surface area contributed by atoms with E-state index in [4.69, 9.17) is 9.47 Å². The van der Waals surface area contributed by atoms with E-state index < -0.39 is 0 Å². The number of hydrogen-bond acceptors (Lipinski definition) is 5. The Hall–Kier alpha value is -1.01. The molecule has 2 atom stereocenters. The van der Waals surface area contributed by atoms with Crippen molar-refractivity contribution in [2.75, 3.05) is 46.5 Å². The normalized spacial score (nSPS) is 26.3. The Kier molecular flexibility index (Phi) is 5.41. The molecule has 2 saturated heterocycles. The van der Waals surface area contributed by atoms with Crippen LogP contribution in [0.15, 0.2) is 18.2 Å². The molecule has 5 heteroatoms. The molecule has 1 aromatic rings. The van der Waals surface area contributed by atoms with Crippen LogP contribution >= 0.6 is 0 Å². The van der Waals surface area contributed by atoms with E-state index >= 15 is 0 Å². The van der Waals surface area contributed by atoms with Gasteiger partial charge in [0, 0.05) is 51.6 Å². The lowest BCUT2D eigenvalue weighted by Gasteiger charge is -2.37. The Labute approximate surface area is 133 Å². The van der Waals surface area contributed by atoms with Crippen LogP contribution in [-0.4, -0.2) is 73.4 Å². The van der Waals surface area contributed by atoms with Crippen molar-refractivity contribution in [1.29, 1.82) is 0 Å². The molecule has 0 saturated carbocycles. The fourth-order valence-corrected chi connectivity index (χ4v) is 3.54. The summed E-state index contributed by atoms with van der Waals surface area (Å²) in [6, 6.07) is 6.92. The minimum absolute atomic E-state index is 0.372. The summed E-state index contributed by atoms with van der Waals surface area (Å²) in [4.78, 5) is 9.73. The highest BCUT2D eigenvalue weighted by Gasteiger charge is 2.36. The number of ether oxygens (including phenoxy) is 2. The zero-order valence-corrected chi connectivity index (χ0v) is 13.7. The van der Waals surface area contributed by atoms with Crippen LogP contribution in [-0.2, 0) is 16.0 Å². The van der Waals surface area contributed by atoms with Gasteiger partial charge in [0.15, 0.2) is 0 Å². The Bertz CT molecular complexity index is 483. The van der Waals surface area contributed by atoms with Crippen molar-refractivity contribution in [3.05, 3.63) is 29.6 Å². The monoisotopic (exact) mass is 305 g/mol. The van der Waals surface area contributed by atoms with Crippen molar-refractivity contribution in [1.82, 2.24) is 14.8 Å². The zero-order chi connectivity index (χ0) is 15.4. The second kappa shape index (κ2) is 7.51. The van der Waals surface area contributed by atoms with Gasteiger partial charge in [-0.15, -0.1) is 0 Å². The Morgan fingerprint density at radius 2 is 2.14 bits per heavy atom. The van der Waals surface area contributed by atoms with Crippen LogP contribution in [0.4, 0.5) is 0 Å². The van der Waals surface area contributed by atoms with E-state index in [1.807, 2.05) is 0 Å². The van der Waals surface area contributed by atoms with E-state index in [1.165, 1.54) is 5.69 Å². The fourth-order valence-electron chi connectivity index (χ4n) is 3.54. The number of aryl methyl sites for hydroxylation is 1. The van der Waals surface area contributed by atoms with Gasteiger partial charge in [0.05, 0.1) is 25.0 Å². The third-order valence-corrected chi connectivity index (χ3v) is 4.63. The first-order chi connectivity index (χ1) is 10.7. The Morgan fingerprint density at radius 3 is 2.95 bits per heavy atom. The number of nitrogens with zero attached hydrogens (tertiary/aromatic N) is 3. The number of piperazine rings is 1. The van der Waals surface area contributed by atoms with Gasteiger partial charge in [-0.3, -0.25) is 14.8 Å². The standard InChI is InChI=1S/C17H27N3O2/c1-14-4-3-5-15(18-14)11-19-6-7-20-13-17(10-16(20)12-19)22-9-8-21-2/h3-5,16-17H,6-13H2,1-2H3/t16-,17+/m0/s1. The predicted molar refractivity (Wildman–Crippen MR) is 85.8 cm³/mol. The van der Waals surface area contributed by atoms with Crippen LogP contribution in [0.5, 0.6) is 0 Å². The smallest absolute Gasteiger partial charge is 0.0718 e. The van der Waals surface area contributed by atoms with Crippen molar-refractivity contribution in [2.24, 2.45) is 0 Å². The van der Waals surface area contributed by atoms with Gasteiger partial charge in [0.25, 0.3) is 0 Å². The molecule has 0 radical (unpaired) electrons. The molecule has 0 aromatic carbocycles. The van der Waals surface area contributed by atoms with Gasteiger partial charge >= 0.3 is 0 Å². The number of aromatic nitrogens is 1. The van der Waals surface area contributed by atoms with E-state index in [9.17, 15) is 0 Å². The molecule has 1 aromatic heterocycles. The summed E-state index contributed by atoms with van der Waals surface area (Å²) in [5.41, 5.74) is 2.28. The fraction of sp³-hybridized carbons (Fsp3) is 0.706. The molecule has 0 unspecified atom stereocenters. The number of fused-ring (bicyclic) bond motifs is 1. The van der Waals surface area contributed by atoms with Gasteiger partial charge in [0.2, 0.25) is 0 Å². The highest BCUT2D eigenvalue weighted by Crippen LogP contribution is 2.24. The molecule has 0 aliphatic carbocycles. The van der Waals surface area contributed by atoms with Crippen LogP contribution in [0, 0.1) is 6.92 Å². The third-order valence-electron chi connectivity index (χ3n) is 4.63. The Balaban J connectivity index is 1.49. The maximum atomic E-state index is 5.91. The summed E-state index contributed by atoms with van der Waals surface area (Å²) < 4.78 is 11.0. The minimum atomic E-state index is 0.372. The number of rotatable bonds is 6. The van der Waals surface area contributed by atoms with E-state index in [-0.39, 0.29) is 0 Å². The predicted octanol–water partition coefficient (Wildman–Crippen LogP) is 1.31. The minimum Gasteiger partial charge on any atom is -0.382 e. The molecule has 2 fully saturated rings. The first-order valence-corrected chi connectivity index (χ1v) is 8.24. The van der Waals surface area contributed by atoms with E-state index in [2.05, 4.69) is 39.9 Å². The van der Waals surface area contributed by atoms with Crippen LogP contribution in [0.2, 0.25) is 0 Å². The summed E-state index contributed by atoms with van der Waals surface area (Å²) in [6.07, 6.45) is 1.51. The zero-order valence-electron chi connectivity index (χ0n) is 13.7. The lowest BCUT2D eigenvalue weighted by atomic mass is 10.1. The summed E-state index contributed by atoms with van der Waals surface area (Å²) >= 11 is 0. The molecule has 5 nitrogen and oxygen atoms in total. The summed E-state index contributed by atoms with van der Waals surface area (Å²) in [5, 5.41) is 0. The van der Waals surface area contributed by atoms with Gasteiger partial charge < -0.3 is 9.47 Å². The Morgan fingerprint density at radius 1 is 1.23 bits per heavy atom. The highest BCUT2D eigenvalue weighted by atomic mass is 16.5. The van der Waals surface area contributed by atoms with Crippen molar-refractivity contribution < 1.29 is 9.47 Å². The molecule has 3 heterocycles. The maximum absolute atomic E-state index is 5.91. The molecular weight excluding hydrogens is 278 g/mol. The largest absolute Gasteiger partial charge is 0.382 e. The lowest BCUT2D eigenvalue weighted by Crippen LogP contribution is -2.49. The summed E-state index contributed by atoms with van der Waals surface area (Å²) in [6.45, 7) is 8.87. The second-order valence-electron chi connectivity index (χ2n) is 6.38. The maximum Gasteiger partial charge on any atom is 0.0718 e. The second-order valence-corrected chi connectivity index (χ2v) is 6.38. The van der Waals surface area contributed by atoms with E-state index in [1.54, 1.807) is 7.11 Å². The number of pyridine rings is 1. The highest BCUT2D eigenvalue weighted by molar-refractivity contribution is 5.10. The first-order valence-electron chi connectivity index (χ1n) is 8.24. The van der Waals surface area contributed by atoms with Crippen LogP contribution in [0.25, 0.3) is 0 Å². The van der Waals surface area contributed by atoms with E-state index in [0.717, 1.165) is 44.8 Å². The quantitative estimate of drug-likeness (QED) is 0.741. The average Bonchev–Trinajstić information content (AvgIpc) is 2.89. The van der Waals surface area contributed by atoms with Crippen molar-refractivity contribution >= 4 is 0 Å². The topological polar surface area (TPSA) is 37.8 Å². The molecule has 2 aliphatic heterocycles. The van der Waals surface area contributed by atoms with Crippen LogP contribution in [0.1, 0.15) is 17.8 Å². The molecule has 0 N–H and O–H groups in total. The van der Waals surface area contributed by atoms with Crippen LogP contribution in [0.3, 0.4) is 0 Å². The van der Waals surface area contributed by atoms with Gasteiger partial charge in [-0.1, -0.05) is 6.07 Å². The van der Waals surface area contributed by atoms with Gasteiger partial charge in [-0.25, -0.2) is 0 Å². The average molecular weight is 305 g/mol. The number of hydrogen-bond donors (Lipinski definition) is 0. The molecule has 0 amide bonds. The number of methoxy groups -OCH3 is 1.